The highest BCUT2D eigenvalue weighted by Crippen LogP contribution is 2.42. The second-order valence-corrected chi connectivity index (χ2v) is 7.71. The van der Waals surface area contributed by atoms with E-state index in [0.717, 1.165) is 6.07 Å². The van der Waals surface area contributed by atoms with Crippen molar-refractivity contribution in [1.82, 2.24) is 0 Å². The fourth-order valence-corrected chi connectivity index (χ4v) is 4.21. The largest absolute Gasteiger partial charge is 0.497 e. The van der Waals surface area contributed by atoms with Gasteiger partial charge in [0.1, 0.15) is 17.1 Å². The van der Waals surface area contributed by atoms with Gasteiger partial charge in [0.2, 0.25) is 5.76 Å². The summed E-state index contributed by atoms with van der Waals surface area (Å²) in [6.07, 6.45) is 0. The molecule has 0 saturated heterocycles. The molecule has 0 saturated carbocycles. The third kappa shape index (κ3) is 3.31. The first-order valence-electron chi connectivity index (χ1n) is 10.3. The summed E-state index contributed by atoms with van der Waals surface area (Å²) in [6, 6.07) is 15.9. The number of anilines is 1. The van der Waals surface area contributed by atoms with Crippen LogP contribution in [0.15, 0.2) is 75.9 Å². The normalized spacial score (nSPS) is 14.9. The van der Waals surface area contributed by atoms with Crippen LogP contribution in [0.2, 0.25) is 0 Å². The van der Waals surface area contributed by atoms with E-state index in [1.807, 2.05) is 0 Å². The number of carbonyl (C=O) groups is 2. The summed E-state index contributed by atoms with van der Waals surface area (Å²) in [4.78, 5) is 40.4. The number of halogens is 1. The molecule has 5 rings (SSSR count). The van der Waals surface area contributed by atoms with E-state index in [0.29, 0.717) is 22.6 Å². The average molecular weight is 459 g/mol. The molecule has 1 aromatic heterocycles. The molecule has 0 fully saturated rings. The number of hydrogen-bond acceptors (Lipinski definition) is 6. The predicted octanol–water partition coefficient (Wildman–Crippen LogP) is 4.48. The van der Waals surface area contributed by atoms with Crippen molar-refractivity contribution < 1.29 is 27.9 Å². The lowest BCUT2D eigenvalue weighted by molar-refractivity contribution is 0.0600. The highest BCUT2D eigenvalue weighted by atomic mass is 19.1. The van der Waals surface area contributed by atoms with Crippen LogP contribution in [0, 0.1) is 5.82 Å². The van der Waals surface area contributed by atoms with Crippen LogP contribution in [0.3, 0.4) is 0 Å². The van der Waals surface area contributed by atoms with Crippen molar-refractivity contribution in [3.63, 3.8) is 0 Å². The number of methoxy groups -OCH3 is 2. The number of fused-ring (bicyclic) bond motifs is 2. The number of benzene rings is 3. The molecule has 1 aliphatic rings. The Bertz CT molecular complexity index is 1510. The van der Waals surface area contributed by atoms with Crippen molar-refractivity contribution >= 4 is 28.5 Å². The smallest absolute Gasteiger partial charge is 0.337 e. The monoisotopic (exact) mass is 459 g/mol. The van der Waals surface area contributed by atoms with Crippen molar-refractivity contribution in [2.24, 2.45) is 0 Å². The lowest BCUT2D eigenvalue weighted by Crippen LogP contribution is -2.29. The highest BCUT2D eigenvalue weighted by Gasteiger charge is 2.43. The van der Waals surface area contributed by atoms with Gasteiger partial charge in [0.25, 0.3) is 5.91 Å². The summed E-state index contributed by atoms with van der Waals surface area (Å²) in [7, 11) is 2.79. The van der Waals surface area contributed by atoms with Crippen LogP contribution in [-0.2, 0) is 4.74 Å². The Hall–Kier alpha value is -4.46. The van der Waals surface area contributed by atoms with Gasteiger partial charge in [0.15, 0.2) is 5.43 Å². The summed E-state index contributed by atoms with van der Waals surface area (Å²) in [5.41, 5.74) is 1.06. The number of amides is 1. The summed E-state index contributed by atoms with van der Waals surface area (Å²) in [5, 5.41) is 0.0372. The fourth-order valence-electron chi connectivity index (χ4n) is 4.21. The maximum atomic E-state index is 13.9. The van der Waals surface area contributed by atoms with Crippen molar-refractivity contribution in [3.8, 4) is 5.75 Å². The molecule has 0 bridgehead atoms. The third-order valence-corrected chi connectivity index (χ3v) is 5.81. The first-order chi connectivity index (χ1) is 16.4. The molecular weight excluding hydrogens is 441 g/mol. The van der Waals surface area contributed by atoms with Crippen molar-refractivity contribution in [2.45, 2.75) is 6.04 Å². The molecule has 34 heavy (non-hydrogen) atoms. The summed E-state index contributed by atoms with van der Waals surface area (Å²) >= 11 is 0. The molecule has 4 aromatic rings. The molecule has 170 valence electrons. The van der Waals surface area contributed by atoms with Gasteiger partial charge >= 0.3 is 5.97 Å². The van der Waals surface area contributed by atoms with Gasteiger partial charge in [-0.2, -0.15) is 0 Å². The zero-order valence-electron chi connectivity index (χ0n) is 18.2. The molecule has 0 N–H and O–H groups in total. The Morgan fingerprint density at radius 2 is 1.76 bits per heavy atom. The number of hydrogen-bond donors (Lipinski definition) is 0. The molecule has 0 spiro atoms. The second kappa shape index (κ2) is 8.15. The van der Waals surface area contributed by atoms with Gasteiger partial charge in [-0.25, -0.2) is 9.18 Å². The maximum absolute atomic E-state index is 13.9. The number of ether oxygens (including phenoxy) is 2. The second-order valence-electron chi connectivity index (χ2n) is 7.71. The van der Waals surface area contributed by atoms with Crippen LogP contribution in [0.4, 0.5) is 10.1 Å². The molecule has 1 aliphatic heterocycles. The van der Waals surface area contributed by atoms with Crippen molar-refractivity contribution in [1.29, 1.82) is 0 Å². The molecular formula is C26H18FNO6. The predicted molar refractivity (Wildman–Crippen MR) is 122 cm³/mol. The van der Waals surface area contributed by atoms with E-state index in [4.69, 9.17) is 13.9 Å². The number of esters is 1. The van der Waals surface area contributed by atoms with Gasteiger partial charge in [-0.1, -0.05) is 18.2 Å². The quantitative estimate of drug-likeness (QED) is 0.419. The van der Waals surface area contributed by atoms with Crippen LogP contribution < -0.4 is 15.1 Å². The fraction of sp³-hybridized carbons (Fsp3) is 0.115. The first-order valence-corrected chi connectivity index (χ1v) is 10.3. The van der Waals surface area contributed by atoms with Crippen molar-refractivity contribution in [3.05, 3.63) is 105 Å². The van der Waals surface area contributed by atoms with E-state index in [-0.39, 0.29) is 22.3 Å². The highest BCUT2D eigenvalue weighted by molar-refractivity contribution is 6.10. The minimum Gasteiger partial charge on any atom is -0.497 e. The van der Waals surface area contributed by atoms with Gasteiger partial charge in [-0.15, -0.1) is 0 Å². The molecule has 0 aliphatic carbocycles. The van der Waals surface area contributed by atoms with E-state index in [2.05, 4.69) is 0 Å². The Morgan fingerprint density at radius 1 is 1.00 bits per heavy atom. The van der Waals surface area contributed by atoms with E-state index >= 15 is 0 Å². The Morgan fingerprint density at radius 3 is 2.47 bits per heavy atom. The van der Waals surface area contributed by atoms with E-state index in [1.54, 1.807) is 48.5 Å². The van der Waals surface area contributed by atoms with Crippen molar-refractivity contribution in [2.75, 3.05) is 19.1 Å². The molecule has 7 nitrogen and oxygen atoms in total. The minimum absolute atomic E-state index is 0.0372. The summed E-state index contributed by atoms with van der Waals surface area (Å²) in [5.74, 6) is -1.22. The maximum Gasteiger partial charge on any atom is 0.337 e. The van der Waals surface area contributed by atoms with Gasteiger partial charge in [0, 0.05) is 11.8 Å². The molecule has 1 unspecified atom stereocenters. The van der Waals surface area contributed by atoms with Gasteiger partial charge < -0.3 is 13.9 Å². The lowest BCUT2D eigenvalue weighted by atomic mass is 9.97. The zero-order valence-corrected chi connectivity index (χ0v) is 18.2. The lowest BCUT2D eigenvalue weighted by Gasteiger charge is -2.25. The molecule has 3 aromatic carbocycles. The molecule has 1 atom stereocenters. The number of carbonyl (C=O) groups excluding carboxylic acids is 2. The van der Waals surface area contributed by atoms with Gasteiger partial charge in [-0.3, -0.25) is 14.5 Å². The minimum atomic E-state index is -0.870. The molecule has 8 heteroatoms. The Labute approximate surface area is 192 Å². The Kier molecular flexibility index (Phi) is 5.13. The zero-order chi connectivity index (χ0) is 24.0. The Balaban J connectivity index is 1.76. The topological polar surface area (TPSA) is 86.0 Å². The van der Waals surface area contributed by atoms with Crippen LogP contribution in [0.1, 0.15) is 38.1 Å². The van der Waals surface area contributed by atoms with E-state index in [9.17, 15) is 18.8 Å². The number of nitrogens with zero attached hydrogens (tertiary/aromatic N) is 1. The molecule has 1 amide bonds. The van der Waals surface area contributed by atoms with Gasteiger partial charge in [-0.05, 0) is 48.0 Å². The standard InChI is InChI=1S/C26H18FNO6/c1-32-18-5-3-4-17(13-18)28-22(14-6-8-15(9-7-14)26(31)33-2)21-23(29)19-12-16(27)10-11-20(19)34-24(21)25(28)30/h3-13,22H,1-2H3. The van der Waals surface area contributed by atoms with Crippen LogP contribution in [0.5, 0.6) is 5.75 Å². The number of rotatable bonds is 4. The SMILES string of the molecule is COC(=O)c1ccc(C2c3c(oc4ccc(F)cc4c3=O)C(=O)N2c2cccc(OC)c2)cc1. The average Bonchev–Trinajstić information content (AvgIpc) is 3.16. The first kappa shape index (κ1) is 21.4. The van der Waals surface area contributed by atoms with E-state index in [1.165, 1.54) is 31.3 Å². The van der Waals surface area contributed by atoms with Gasteiger partial charge in [0.05, 0.1) is 36.8 Å². The molecule has 2 heterocycles. The summed E-state index contributed by atoms with van der Waals surface area (Å²) in [6.45, 7) is 0. The van der Waals surface area contributed by atoms with Crippen LogP contribution >= 0.6 is 0 Å². The van der Waals surface area contributed by atoms with E-state index < -0.39 is 29.2 Å². The van der Waals surface area contributed by atoms with Crippen LogP contribution in [-0.4, -0.2) is 26.1 Å². The third-order valence-electron chi connectivity index (χ3n) is 5.81. The summed E-state index contributed by atoms with van der Waals surface area (Å²) < 4.78 is 29.8. The van der Waals surface area contributed by atoms with Crippen LogP contribution in [0.25, 0.3) is 11.0 Å². The molecule has 0 radical (unpaired) electrons.